The first kappa shape index (κ1) is 13.4. The fraction of sp³-hybridized carbons (Fsp3) is 0.0833. The van der Waals surface area contributed by atoms with Crippen molar-refractivity contribution in [3.05, 3.63) is 57.7 Å². The smallest absolute Gasteiger partial charge is 0.364 e. The number of hydrogen-bond acceptors (Lipinski definition) is 6. The molecule has 8 heteroatoms. The summed E-state index contributed by atoms with van der Waals surface area (Å²) in [5, 5.41) is 12.7. The van der Waals surface area contributed by atoms with Crippen LogP contribution in [0.15, 0.2) is 34.9 Å². The molecule has 1 N–H and O–H groups in total. The highest BCUT2D eigenvalue weighted by Crippen LogP contribution is 2.12. The first-order chi connectivity index (χ1) is 9.47. The second kappa shape index (κ2) is 5.31. The molecule has 20 heavy (non-hydrogen) atoms. The Kier molecular flexibility index (Phi) is 3.56. The zero-order chi connectivity index (χ0) is 14.7. The molecule has 0 unspecified atom stereocenters. The van der Waals surface area contributed by atoms with Crippen molar-refractivity contribution in [3.63, 3.8) is 0 Å². The highest BCUT2D eigenvalue weighted by atomic mass is 16.6. The van der Waals surface area contributed by atoms with Crippen LogP contribution >= 0.6 is 0 Å². The van der Waals surface area contributed by atoms with E-state index in [2.05, 4.69) is 10.3 Å². The number of nitrogens with one attached hydrogen (secondary N) is 1. The van der Waals surface area contributed by atoms with Crippen molar-refractivity contribution in [2.45, 2.75) is 6.92 Å². The molecule has 0 atom stereocenters. The molecule has 0 aliphatic carbocycles. The van der Waals surface area contributed by atoms with Gasteiger partial charge in [-0.3, -0.25) is 14.9 Å². The quantitative estimate of drug-likeness (QED) is 0.515. The van der Waals surface area contributed by atoms with E-state index >= 15 is 0 Å². The van der Waals surface area contributed by atoms with Crippen molar-refractivity contribution in [1.29, 1.82) is 0 Å². The van der Waals surface area contributed by atoms with Crippen molar-refractivity contribution < 1.29 is 18.9 Å². The Morgan fingerprint density at radius 2 is 2.10 bits per heavy atom. The van der Waals surface area contributed by atoms with Crippen LogP contribution in [0.25, 0.3) is 0 Å². The SMILES string of the molecule is Cc1cc(C(=O)NC(=O)c2ccco2)cc([N+](=O)[O-])n1. The van der Waals surface area contributed by atoms with E-state index in [4.69, 9.17) is 4.42 Å². The fourth-order valence-corrected chi connectivity index (χ4v) is 1.52. The number of nitrogens with zero attached hydrogens (tertiary/aromatic N) is 2. The lowest BCUT2D eigenvalue weighted by molar-refractivity contribution is -0.389. The number of imide groups is 1. The number of nitro groups is 1. The summed E-state index contributed by atoms with van der Waals surface area (Å²) < 4.78 is 4.83. The maximum atomic E-state index is 11.9. The maximum Gasteiger partial charge on any atom is 0.364 e. The Morgan fingerprint density at radius 1 is 1.35 bits per heavy atom. The van der Waals surface area contributed by atoms with Gasteiger partial charge in [-0.1, -0.05) is 0 Å². The van der Waals surface area contributed by atoms with Gasteiger partial charge in [0.05, 0.1) is 11.8 Å². The first-order valence-electron chi connectivity index (χ1n) is 5.49. The van der Waals surface area contributed by atoms with Gasteiger partial charge in [-0.25, -0.2) is 0 Å². The van der Waals surface area contributed by atoms with Gasteiger partial charge in [-0.05, 0) is 28.1 Å². The third-order valence-electron chi connectivity index (χ3n) is 2.36. The predicted molar refractivity (Wildman–Crippen MR) is 66.1 cm³/mol. The number of carbonyl (C=O) groups excluding carboxylic acids is 2. The largest absolute Gasteiger partial charge is 0.459 e. The number of aromatic nitrogens is 1. The first-order valence-corrected chi connectivity index (χ1v) is 5.49. The van der Waals surface area contributed by atoms with Crippen LogP contribution in [0.1, 0.15) is 26.6 Å². The van der Waals surface area contributed by atoms with Crippen molar-refractivity contribution >= 4 is 17.6 Å². The number of hydrogen-bond donors (Lipinski definition) is 1. The monoisotopic (exact) mass is 275 g/mol. The van der Waals surface area contributed by atoms with Crippen LogP contribution in [0, 0.1) is 17.0 Å². The normalized spacial score (nSPS) is 10.1. The van der Waals surface area contributed by atoms with Crippen LogP contribution in [-0.2, 0) is 0 Å². The minimum absolute atomic E-state index is 0.0240. The van der Waals surface area contributed by atoms with E-state index < -0.39 is 22.6 Å². The predicted octanol–water partition coefficient (Wildman–Crippen LogP) is 1.46. The lowest BCUT2D eigenvalue weighted by Gasteiger charge is -2.02. The highest BCUT2D eigenvalue weighted by molar-refractivity contribution is 6.09. The number of aryl methyl sites for hydroxylation is 1. The van der Waals surface area contributed by atoms with Crippen molar-refractivity contribution in [2.75, 3.05) is 0 Å². The summed E-state index contributed by atoms with van der Waals surface area (Å²) in [6.07, 6.45) is 1.29. The molecule has 102 valence electrons. The summed E-state index contributed by atoms with van der Waals surface area (Å²) in [6, 6.07) is 5.24. The van der Waals surface area contributed by atoms with Gasteiger partial charge in [0.1, 0.15) is 0 Å². The molecular formula is C12H9N3O5. The molecule has 0 spiro atoms. The van der Waals surface area contributed by atoms with E-state index in [1.807, 2.05) is 0 Å². The van der Waals surface area contributed by atoms with Gasteiger partial charge < -0.3 is 14.5 Å². The molecule has 0 saturated carbocycles. The van der Waals surface area contributed by atoms with Crippen molar-refractivity contribution in [2.24, 2.45) is 0 Å². The second-order valence-corrected chi connectivity index (χ2v) is 3.87. The summed E-state index contributed by atoms with van der Waals surface area (Å²) in [6.45, 7) is 1.51. The van der Waals surface area contributed by atoms with E-state index in [-0.39, 0.29) is 11.3 Å². The fourth-order valence-electron chi connectivity index (χ4n) is 1.52. The summed E-state index contributed by atoms with van der Waals surface area (Å²) in [7, 11) is 0. The highest BCUT2D eigenvalue weighted by Gasteiger charge is 2.18. The molecule has 0 aliphatic heterocycles. The van der Waals surface area contributed by atoms with Crippen LogP contribution < -0.4 is 5.32 Å². The standard InChI is InChI=1S/C12H9N3O5/c1-7-5-8(6-10(13-7)15(18)19)11(16)14-12(17)9-3-2-4-20-9/h2-6H,1H3,(H,14,16,17). The van der Waals surface area contributed by atoms with Crippen LogP contribution in [0.2, 0.25) is 0 Å². The molecule has 0 radical (unpaired) electrons. The van der Waals surface area contributed by atoms with Gasteiger partial charge in [0.15, 0.2) is 11.5 Å². The molecule has 2 rings (SSSR count). The molecule has 2 aromatic rings. The molecule has 0 fully saturated rings. The Hall–Kier alpha value is -3.03. The molecular weight excluding hydrogens is 266 g/mol. The van der Waals surface area contributed by atoms with E-state index in [0.29, 0.717) is 5.69 Å². The van der Waals surface area contributed by atoms with Gasteiger partial charge in [-0.2, -0.15) is 0 Å². The Balaban J connectivity index is 2.21. The van der Waals surface area contributed by atoms with E-state index in [9.17, 15) is 19.7 Å². The average molecular weight is 275 g/mol. The molecule has 0 bridgehead atoms. The van der Waals surface area contributed by atoms with Crippen LogP contribution in [0.3, 0.4) is 0 Å². The lowest BCUT2D eigenvalue weighted by atomic mass is 10.2. The van der Waals surface area contributed by atoms with Crippen molar-refractivity contribution in [1.82, 2.24) is 10.3 Å². The third-order valence-corrected chi connectivity index (χ3v) is 2.36. The van der Waals surface area contributed by atoms with Crippen LogP contribution in [0.5, 0.6) is 0 Å². The summed E-state index contributed by atoms with van der Waals surface area (Å²) in [5.74, 6) is -1.98. The van der Waals surface area contributed by atoms with Gasteiger partial charge in [-0.15, -0.1) is 0 Å². The molecule has 2 amide bonds. The van der Waals surface area contributed by atoms with Gasteiger partial charge in [0.25, 0.3) is 11.8 Å². The maximum absolute atomic E-state index is 11.9. The topological polar surface area (TPSA) is 115 Å². The zero-order valence-electron chi connectivity index (χ0n) is 10.3. The average Bonchev–Trinajstić information content (AvgIpc) is 2.91. The molecule has 0 aromatic carbocycles. The second-order valence-electron chi connectivity index (χ2n) is 3.87. The number of pyridine rings is 1. The third kappa shape index (κ3) is 2.86. The molecule has 8 nitrogen and oxygen atoms in total. The minimum atomic E-state index is -0.764. The van der Waals surface area contributed by atoms with E-state index in [0.717, 1.165) is 6.07 Å². The number of furan rings is 1. The zero-order valence-corrected chi connectivity index (χ0v) is 10.3. The van der Waals surface area contributed by atoms with Crippen LogP contribution in [-0.4, -0.2) is 21.7 Å². The van der Waals surface area contributed by atoms with Gasteiger partial charge in [0.2, 0.25) is 0 Å². The lowest BCUT2D eigenvalue weighted by Crippen LogP contribution is -2.30. The molecule has 0 aliphatic rings. The van der Waals surface area contributed by atoms with Gasteiger partial charge in [0, 0.05) is 13.0 Å². The number of amides is 2. The summed E-state index contributed by atoms with van der Waals surface area (Å²) in [4.78, 5) is 37.1. The summed E-state index contributed by atoms with van der Waals surface area (Å²) in [5.41, 5.74) is 0.277. The Labute approximate surface area is 112 Å². The molecule has 2 heterocycles. The van der Waals surface area contributed by atoms with Crippen molar-refractivity contribution in [3.8, 4) is 0 Å². The van der Waals surface area contributed by atoms with Gasteiger partial charge >= 0.3 is 5.82 Å². The number of rotatable bonds is 3. The van der Waals surface area contributed by atoms with E-state index in [1.165, 1.54) is 31.4 Å². The summed E-state index contributed by atoms with van der Waals surface area (Å²) >= 11 is 0. The minimum Gasteiger partial charge on any atom is -0.459 e. The number of carbonyl (C=O) groups is 2. The molecule has 2 aromatic heterocycles. The van der Waals surface area contributed by atoms with E-state index in [1.54, 1.807) is 0 Å². The Morgan fingerprint density at radius 3 is 2.70 bits per heavy atom. The Bertz CT molecular complexity index is 678. The molecule has 0 saturated heterocycles. The van der Waals surface area contributed by atoms with Crippen LogP contribution in [0.4, 0.5) is 5.82 Å².